The Morgan fingerprint density at radius 3 is 1.50 bits per heavy atom. The molecule has 6 nitrogen and oxygen atoms in total. The number of rotatable bonds is 0. The summed E-state index contributed by atoms with van der Waals surface area (Å²) in [5, 5.41) is 28.7. The molecule has 14 atom stereocenters. The van der Waals surface area contributed by atoms with Gasteiger partial charge in [-0.15, -0.1) is 0 Å². The summed E-state index contributed by atoms with van der Waals surface area (Å²) >= 11 is 0. The van der Waals surface area contributed by atoms with Gasteiger partial charge >= 0.3 is 0 Å². The average molecular weight is 645 g/mol. The van der Waals surface area contributed by atoms with E-state index in [1.165, 1.54) is 22.5 Å². The van der Waals surface area contributed by atoms with E-state index in [1.807, 2.05) is 0 Å². The Morgan fingerprint density at radius 1 is 0.667 bits per heavy atom. The van der Waals surface area contributed by atoms with Crippen molar-refractivity contribution in [1.82, 2.24) is 0 Å². The number of allylic oxidation sites excluding steroid dienone is 2. The lowest BCUT2D eigenvalue weighted by Crippen LogP contribution is -2.80. The molecule has 4 bridgehead atoms. The molecule has 8 aliphatic heterocycles. The number of likely N-dealkylation sites (N-methyl/N-ethyl adjacent to an activating group) is 2. The average Bonchev–Trinajstić information content (AvgIpc) is 3.74. The SMILES string of the molecule is C/C=C1/C[N@+]2(C)CC[C@@]34Cc5ccccc5N5[C@H]6[C@@H]([C@@H]([C@H]1C[C@@H]32)[C@]54O)N1c2ccccc2C[C@]23CC[N@+]4(C)C/C(=C/C)[C@H](C[C@@H]24)[C@H]6[C@]13O. The lowest BCUT2D eigenvalue weighted by Gasteiger charge is -2.68. The van der Waals surface area contributed by atoms with Gasteiger partial charge in [-0.2, -0.15) is 0 Å². The van der Waals surface area contributed by atoms with Crippen LogP contribution in [0.3, 0.4) is 0 Å². The molecule has 0 aromatic heterocycles. The number of para-hydroxylation sites is 2. The summed E-state index contributed by atoms with van der Waals surface area (Å²) in [5.41, 5.74) is 6.16. The van der Waals surface area contributed by atoms with Gasteiger partial charge in [0.25, 0.3) is 0 Å². The molecule has 8 fully saturated rings. The van der Waals surface area contributed by atoms with Crippen LogP contribution < -0.4 is 9.80 Å². The number of piperidine rings is 2. The van der Waals surface area contributed by atoms with Gasteiger partial charge in [0.1, 0.15) is 25.2 Å². The Hall–Kier alpha value is -2.64. The largest absolute Gasteiger partial charge is 0.370 e. The number of benzene rings is 2. The van der Waals surface area contributed by atoms with E-state index < -0.39 is 11.4 Å². The quantitative estimate of drug-likeness (QED) is 0.318. The van der Waals surface area contributed by atoms with Crippen molar-refractivity contribution < 1.29 is 19.2 Å². The van der Waals surface area contributed by atoms with Gasteiger partial charge in [-0.25, -0.2) is 0 Å². The van der Waals surface area contributed by atoms with Crippen LogP contribution in [-0.4, -0.2) is 95.1 Å². The summed E-state index contributed by atoms with van der Waals surface area (Å²) < 4.78 is 2.15. The first-order valence-corrected chi connectivity index (χ1v) is 19.3. The molecular weight excluding hydrogens is 592 g/mol. The van der Waals surface area contributed by atoms with Crippen molar-refractivity contribution in [2.45, 2.75) is 88.0 Å². The van der Waals surface area contributed by atoms with Crippen molar-refractivity contribution in [3.8, 4) is 0 Å². The predicted octanol–water partition coefficient (Wildman–Crippen LogP) is 4.86. The van der Waals surface area contributed by atoms with E-state index in [0.29, 0.717) is 23.9 Å². The Morgan fingerprint density at radius 2 is 1.08 bits per heavy atom. The molecule has 2 aromatic carbocycles. The molecule has 0 amide bonds. The van der Waals surface area contributed by atoms with Crippen molar-refractivity contribution >= 4 is 11.4 Å². The van der Waals surface area contributed by atoms with Gasteiger partial charge in [-0.3, -0.25) is 0 Å². The van der Waals surface area contributed by atoms with Crippen LogP contribution in [0.15, 0.2) is 71.8 Å². The summed E-state index contributed by atoms with van der Waals surface area (Å²) in [6.45, 7) is 9.02. The van der Waals surface area contributed by atoms with Gasteiger partial charge in [0.2, 0.25) is 0 Å². The van der Waals surface area contributed by atoms with E-state index in [1.54, 1.807) is 11.1 Å². The van der Waals surface area contributed by atoms with Gasteiger partial charge in [0, 0.05) is 60.7 Å². The fraction of sp³-hybridized carbons (Fsp3) is 0.619. The van der Waals surface area contributed by atoms with Gasteiger partial charge in [0.15, 0.2) is 11.4 Å². The van der Waals surface area contributed by atoms with Gasteiger partial charge < -0.3 is 29.0 Å². The maximum absolute atomic E-state index is 14.4. The molecule has 2 aromatic rings. The molecule has 250 valence electrons. The lowest BCUT2D eigenvalue weighted by molar-refractivity contribution is -0.927. The van der Waals surface area contributed by atoms with E-state index >= 15 is 0 Å². The van der Waals surface area contributed by atoms with Crippen LogP contribution in [0.25, 0.3) is 0 Å². The van der Waals surface area contributed by atoms with Crippen LogP contribution in [-0.2, 0) is 12.8 Å². The number of nitrogens with zero attached hydrogens (tertiary/aromatic N) is 4. The highest BCUT2D eigenvalue weighted by atomic mass is 16.3. The fourth-order valence-electron chi connectivity index (χ4n) is 16.5. The maximum Gasteiger partial charge on any atom is 0.155 e. The molecule has 6 heteroatoms. The molecule has 8 heterocycles. The van der Waals surface area contributed by atoms with E-state index in [9.17, 15) is 10.2 Å². The number of fused-ring (bicyclic) bond motifs is 13. The van der Waals surface area contributed by atoms with E-state index in [0.717, 1.165) is 73.7 Å². The second-order valence-electron chi connectivity index (χ2n) is 18.8. The summed E-state index contributed by atoms with van der Waals surface area (Å²) in [7, 11) is 5.01. The van der Waals surface area contributed by atoms with Crippen molar-refractivity contribution in [1.29, 1.82) is 0 Å². The van der Waals surface area contributed by atoms with Gasteiger partial charge in [-0.05, 0) is 61.1 Å². The normalized spacial score (nSPS) is 55.4. The molecule has 0 radical (unpaired) electrons. The van der Waals surface area contributed by atoms with Crippen LogP contribution in [0.5, 0.6) is 0 Å². The minimum atomic E-state index is -0.961. The van der Waals surface area contributed by atoms with Crippen LogP contribution in [0, 0.1) is 34.5 Å². The molecule has 2 aliphatic carbocycles. The first kappa shape index (κ1) is 28.1. The van der Waals surface area contributed by atoms with Gasteiger partial charge in [-0.1, -0.05) is 48.6 Å². The van der Waals surface area contributed by atoms with Crippen molar-refractivity contribution in [2.24, 2.45) is 34.5 Å². The first-order valence-electron chi connectivity index (χ1n) is 19.3. The Kier molecular flexibility index (Phi) is 4.75. The number of hydrogen-bond donors (Lipinski definition) is 2. The topological polar surface area (TPSA) is 46.9 Å². The maximum atomic E-state index is 14.4. The lowest BCUT2D eigenvalue weighted by atomic mass is 9.50. The number of anilines is 2. The zero-order valence-electron chi connectivity index (χ0n) is 29.1. The summed E-state index contributed by atoms with van der Waals surface area (Å²) in [5.74, 6) is 0.728. The molecule has 6 saturated heterocycles. The Labute approximate surface area is 285 Å². The van der Waals surface area contributed by atoms with E-state index in [2.05, 4.69) is 98.4 Å². The molecule has 0 unspecified atom stereocenters. The highest BCUT2D eigenvalue weighted by Gasteiger charge is 2.89. The third-order valence-corrected chi connectivity index (χ3v) is 17.8. The third-order valence-electron chi connectivity index (χ3n) is 17.8. The zero-order chi connectivity index (χ0) is 32.4. The fourth-order valence-corrected chi connectivity index (χ4v) is 16.5. The summed E-state index contributed by atoms with van der Waals surface area (Å²) in [6.07, 6.45) is 11.3. The molecule has 2 N–H and O–H groups in total. The zero-order valence-corrected chi connectivity index (χ0v) is 29.1. The molecule has 12 rings (SSSR count). The summed E-state index contributed by atoms with van der Waals surface area (Å²) in [6, 6.07) is 19.3. The van der Waals surface area contributed by atoms with Crippen molar-refractivity contribution in [3.63, 3.8) is 0 Å². The first-order chi connectivity index (χ1) is 23.1. The Bertz CT molecular complexity index is 1770. The van der Waals surface area contributed by atoms with Crippen LogP contribution in [0.4, 0.5) is 11.4 Å². The smallest absolute Gasteiger partial charge is 0.155 e. The highest BCUT2D eigenvalue weighted by Crippen LogP contribution is 2.78. The van der Waals surface area contributed by atoms with Crippen LogP contribution in [0.1, 0.15) is 50.7 Å². The second-order valence-corrected chi connectivity index (χ2v) is 18.8. The summed E-state index contributed by atoms with van der Waals surface area (Å²) in [4.78, 5) is 5.33. The molecule has 10 aliphatic rings. The van der Waals surface area contributed by atoms with Crippen molar-refractivity contribution in [2.75, 3.05) is 50.1 Å². The molecule has 2 saturated carbocycles. The minimum Gasteiger partial charge on any atom is -0.370 e. The van der Waals surface area contributed by atoms with E-state index in [4.69, 9.17) is 0 Å². The Balaban J connectivity index is 1.20. The van der Waals surface area contributed by atoms with E-state index in [-0.39, 0.29) is 34.7 Å². The second kappa shape index (κ2) is 8.12. The molecular formula is C42H52N4O2+2. The monoisotopic (exact) mass is 644 g/mol. The van der Waals surface area contributed by atoms with Crippen LogP contribution in [0.2, 0.25) is 0 Å². The third kappa shape index (κ3) is 2.53. The number of hydrogen-bond acceptors (Lipinski definition) is 4. The van der Waals surface area contributed by atoms with Gasteiger partial charge in [0.05, 0.1) is 50.1 Å². The molecule has 48 heavy (non-hydrogen) atoms. The van der Waals surface area contributed by atoms with Crippen LogP contribution >= 0.6 is 0 Å². The number of quaternary nitrogens is 2. The molecule has 2 spiro atoms. The van der Waals surface area contributed by atoms with Crippen molar-refractivity contribution in [3.05, 3.63) is 83.0 Å². The standard InChI is InChI=1S/C42H52N4O2/c1-5-25-23-45(3)17-15-39-21-27-11-8-10-14-32(27)44-38-36-30-20-34-40(16-18-46(34,4)24-26(30)6-2)22-28-12-7-9-13-31(28)43(42(36,40)48)37(38)35(41(39,44)47)29(25)19-33(39)45/h5-14,29-30,33-38,47-48H,15-24H2,1-4H3/q+2/b25-5-,26-6-/t29-,30-,33-,34-,35+,36+,37+,38+,39+,40+,41+,42+,45-,46+/m0/s1. The predicted molar refractivity (Wildman–Crippen MR) is 187 cm³/mol. The number of aliphatic hydroxyl groups is 2. The highest BCUT2D eigenvalue weighted by molar-refractivity contribution is 5.71. The minimum absolute atomic E-state index is 0.0409.